The number of benzene rings is 1. The molecule has 4 nitrogen and oxygen atoms in total. The van der Waals surface area contributed by atoms with Crippen molar-refractivity contribution in [3.05, 3.63) is 48.7 Å². The third kappa shape index (κ3) is 4.42. The molecule has 0 amide bonds. The summed E-state index contributed by atoms with van der Waals surface area (Å²) < 4.78 is 27.8. The second kappa shape index (κ2) is 6.88. The van der Waals surface area contributed by atoms with Gasteiger partial charge >= 0.3 is 0 Å². The lowest BCUT2D eigenvalue weighted by molar-refractivity contribution is 0.415. The Labute approximate surface area is 104 Å². The van der Waals surface area contributed by atoms with Gasteiger partial charge in [-0.1, -0.05) is 18.2 Å². The molecule has 1 aromatic carbocycles. The molecule has 0 bridgehead atoms. The number of rotatable bonds is 6. The molecule has 0 aliphatic carbocycles. The molecule has 92 valence electrons. The Morgan fingerprint density at radius 1 is 1.47 bits per heavy atom. The summed E-state index contributed by atoms with van der Waals surface area (Å²) in [5.74, 6) is 0.762. The predicted octanol–water partition coefficient (Wildman–Crippen LogP) is 1.95. The highest BCUT2D eigenvalue weighted by atomic mass is 32.2. The molecule has 1 unspecified atom stereocenters. The highest BCUT2D eigenvalue weighted by Gasteiger charge is 1.95. The van der Waals surface area contributed by atoms with E-state index in [1.807, 2.05) is 24.3 Å². The standard InChI is InChI=1S/C12H15NO3S/c1-3-9-13(17(14)15)10-8-11-4-6-12(16-2)7-5-11/h3-8,10H,1,9H2,2H3,(H,14,15)/p-1. The molecular weight excluding hydrogens is 238 g/mol. The first-order valence-corrected chi connectivity index (χ1v) is 5.99. The van der Waals surface area contributed by atoms with E-state index in [0.29, 0.717) is 0 Å². The van der Waals surface area contributed by atoms with E-state index in [-0.39, 0.29) is 6.54 Å². The maximum atomic E-state index is 10.8. The van der Waals surface area contributed by atoms with Crippen LogP contribution in [0.15, 0.2) is 43.1 Å². The van der Waals surface area contributed by atoms with Crippen LogP contribution in [-0.4, -0.2) is 26.7 Å². The van der Waals surface area contributed by atoms with Crippen LogP contribution in [0.1, 0.15) is 5.56 Å². The van der Waals surface area contributed by atoms with Crippen molar-refractivity contribution >= 4 is 17.3 Å². The van der Waals surface area contributed by atoms with Gasteiger partial charge in [0.05, 0.1) is 7.11 Å². The molecule has 0 spiro atoms. The Kier molecular flexibility index (Phi) is 5.45. The van der Waals surface area contributed by atoms with Gasteiger partial charge in [0, 0.05) is 24.0 Å². The Balaban J connectivity index is 2.73. The molecule has 1 aromatic rings. The van der Waals surface area contributed by atoms with Gasteiger partial charge in [-0.05, 0) is 23.8 Å². The number of ether oxygens (including phenoxy) is 1. The first kappa shape index (κ1) is 13.5. The molecular formula is C12H14NO3S-. The van der Waals surface area contributed by atoms with Crippen LogP contribution in [0.2, 0.25) is 0 Å². The normalized spacial score (nSPS) is 12.4. The largest absolute Gasteiger partial charge is 0.755 e. The van der Waals surface area contributed by atoms with E-state index in [4.69, 9.17) is 4.74 Å². The van der Waals surface area contributed by atoms with Gasteiger partial charge in [-0.15, -0.1) is 6.58 Å². The van der Waals surface area contributed by atoms with Crippen molar-refractivity contribution in [2.24, 2.45) is 0 Å². The molecule has 0 aromatic heterocycles. The lowest BCUT2D eigenvalue weighted by Gasteiger charge is -2.20. The molecule has 0 N–H and O–H groups in total. The predicted molar refractivity (Wildman–Crippen MR) is 67.9 cm³/mol. The molecule has 0 saturated carbocycles. The molecule has 0 aliphatic heterocycles. The van der Waals surface area contributed by atoms with E-state index in [2.05, 4.69) is 6.58 Å². The minimum absolute atomic E-state index is 0.253. The fraction of sp³-hybridized carbons (Fsp3) is 0.167. The van der Waals surface area contributed by atoms with Crippen LogP contribution < -0.4 is 4.74 Å². The van der Waals surface area contributed by atoms with Crippen LogP contribution in [-0.2, 0) is 11.3 Å². The quantitative estimate of drug-likeness (QED) is 0.574. The zero-order chi connectivity index (χ0) is 12.7. The summed E-state index contributed by atoms with van der Waals surface area (Å²) in [6.07, 6.45) is 4.72. The van der Waals surface area contributed by atoms with Gasteiger partial charge < -0.3 is 13.6 Å². The molecule has 0 aliphatic rings. The van der Waals surface area contributed by atoms with Crippen molar-refractivity contribution in [3.8, 4) is 5.75 Å². The Bertz CT molecular complexity index is 414. The van der Waals surface area contributed by atoms with Crippen LogP contribution in [0.3, 0.4) is 0 Å². The second-order valence-electron chi connectivity index (χ2n) is 3.19. The van der Waals surface area contributed by atoms with Gasteiger partial charge in [-0.2, -0.15) is 0 Å². The number of hydrogen-bond acceptors (Lipinski definition) is 3. The highest BCUT2D eigenvalue weighted by molar-refractivity contribution is 7.76. The van der Waals surface area contributed by atoms with Gasteiger partial charge in [-0.3, -0.25) is 4.21 Å². The van der Waals surface area contributed by atoms with Crippen molar-refractivity contribution in [1.29, 1.82) is 0 Å². The van der Waals surface area contributed by atoms with Crippen LogP contribution in [0, 0.1) is 0 Å². The fourth-order valence-corrected chi connectivity index (χ4v) is 1.57. The van der Waals surface area contributed by atoms with Gasteiger partial charge in [0.1, 0.15) is 5.75 Å². The Morgan fingerprint density at radius 2 is 2.12 bits per heavy atom. The minimum Gasteiger partial charge on any atom is -0.755 e. The van der Waals surface area contributed by atoms with E-state index in [9.17, 15) is 8.76 Å². The van der Waals surface area contributed by atoms with Crippen molar-refractivity contribution < 1.29 is 13.5 Å². The Morgan fingerprint density at radius 3 is 2.59 bits per heavy atom. The smallest absolute Gasteiger partial charge is 0.118 e. The summed E-state index contributed by atoms with van der Waals surface area (Å²) in [5.41, 5.74) is 0.894. The zero-order valence-corrected chi connectivity index (χ0v) is 10.4. The van der Waals surface area contributed by atoms with E-state index in [1.54, 1.807) is 13.2 Å². The number of hydrogen-bond donors (Lipinski definition) is 0. The average Bonchev–Trinajstić information content (AvgIpc) is 2.34. The van der Waals surface area contributed by atoms with E-state index >= 15 is 0 Å². The monoisotopic (exact) mass is 252 g/mol. The third-order valence-electron chi connectivity index (χ3n) is 2.05. The molecule has 0 fully saturated rings. The molecule has 0 heterocycles. The summed E-state index contributed by atoms with van der Waals surface area (Å²) in [5, 5.41) is 0. The molecule has 1 rings (SSSR count). The number of nitrogens with zero attached hydrogens (tertiary/aromatic N) is 1. The van der Waals surface area contributed by atoms with Crippen molar-refractivity contribution in [2.45, 2.75) is 0 Å². The van der Waals surface area contributed by atoms with Crippen LogP contribution in [0.5, 0.6) is 5.75 Å². The lowest BCUT2D eigenvalue weighted by Crippen LogP contribution is -2.19. The summed E-state index contributed by atoms with van der Waals surface area (Å²) in [6.45, 7) is 3.75. The van der Waals surface area contributed by atoms with E-state index in [0.717, 1.165) is 15.6 Å². The molecule has 17 heavy (non-hydrogen) atoms. The van der Waals surface area contributed by atoms with E-state index < -0.39 is 11.3 Å². The molecule has 1 atom stereocenters. The summed E-state index contributed by atoms with van der Waals surface area (Å²) in [6, 6.07) is 7.31. The zero-order valence-electron chi connectivity index (χ0n) is 9.54. The highest BCUT2D eigenvalue weighted by Crippen LogP contribution is 2.12. The van der Waals surface area contributed by atoms with Gasteiger partial charge in [0.25, 0.3) is 0 Å². The van der Waals surface area contributed by atoms with Crippen LogP contribution in [0.4, 0.5) is 0 Å². The maximum absolute atomic E-state index is 10.8. The summed E-state index contributed by atoms with van der Waals surface area (Å²) >= 11 is -2.28. The van der Waals surface area contributed by atoms with Crippen LogP contribution >= 0.6 is 0 Å². The maximum Gasteiger partial charge on any atom is 0.118 e. The Hall–Kier alpha value is -1.59. The second-order valence-corrected chi connectivity index (χ2v) is 4.10. The topological polar surface area (TPSA) is 52.6 Å². The van der Waals surface area contributed by atoms with Crippen molar-refractivity contribution in [2.75, 3.05) is 13.7 Å². The first-order chi connectivity index (χ1) is 8.17. The minimum atomic E-state index is -2.28. The fourth-order valence-electron chi connectivity index (χ4n) is 1.18. The number of methoxy groups -OCH3 is 1. The molecule has 5 heteroatoms. The van der Waals surface area contributed by atoms with Gasteiger partial charge in [0.2, 0.25) is 0 Å². The molecule has 0 radical (unpaired) electrons. The van der Waals surface area contributed by atoms with Gasteiger partial charge in [-0.25, -0.2) is 0 Å². The SMILES string of the molecule is C=CCN(C=Cc1ccc(OC)cc1)S(=O)[O-]. The van der Waals surface area contributed by atoms with Gasteiger partial charge in [0.15, 0.2) is 0 Å². The summed E-state index contributed by atoms with van der Waals surface area (Å²) in [4.78, 5) is 0. The van der Waals surface area contributed by atoms with E-state index in [1.165, 1.54) is 12.3 Å². The van der Waals surface area contributed by atoms with Crippen molar-refractivity contribution in [1.82, 2.24) is 4.31 Å². The third-order valence-corrected chi connectivity index (χ3v) is 2.70. The van der Waals surface area contributed by atoms with Crippen molar-refractivity contribution in [3.63, 3.8) is 0 Å². The lowest BCUT2D eigenvalue weighted by atomic mass is 10.2. The first-order valence-electron chi connectivity index (χ1n) is 4.96. The summed E-state index contributed by atoms with van der Waals surface area (Å²) in [7, 11) is 1.59. The van der Waals surface area contributed by atoms with Crippen LogP contribution in [0.25, 0.3) is 6.08 Å². The molecule has 0 saturated heterocycles. The average molecular weight is 252 g/mol.